The van der Waals surface area contributed by atoms with Crippen LogP contribution in [0.25, 0.3) is 11.1 Å². The first kappa shape index (κ1) is 14.9. The number of rotatable bonds is 6. The fourth-order valence-corrected chi connectivity index (χ4v) is 2.73. The van der Waals surface area contributed by atoms with Crippen LogP contribution < -0.4 is 11.5 Å². The zero-order valence-corrected chi connectivity index (χ0v) is 12.6. The monoisotopic (exact) mass is 276 g/mol. The van der Waals surface area contributed by atoms with Gasteiger partial charge in [-0.3, -0.25) is 4.57 Å². The summed E-state index contributed by atoms with van der Waals surface area (Å²) in [7, 11) is 1.71. The van der Waals surface area contributed by atoms with Gasteiger partial charge in [0.25, 0.3) is 0 Å². The van der Waals surface area contributed by atoms with Crippen LogP contribution in [-0.4, -0.2) is 4.57 Å². The summed E-state index contributed by atoms with van der Waals surface area (Å²) in [5.41, 5.74) is 8.88. The highest BCUT2D eigenvalue weighted by Gasteiger charge is 2.18. The first-order valence-electron chi connectivity index (χ1n) is 7.43. The minimum atomic E-state index is -0.330. The van der Waals surface area contributed by atoms with Crippen LogP contribution in [0.15, 0.2) is 27.4 Å². The van der Waals surface area contributed by atoms with E-state index in [1.54, 1.807) is 7.05 Å². The number of nitrogens with two attached hydrogens (primary N) is 1. The van der Waals surface area contributed by atoms with Crippen molar-refractivity contribution in [3.05, 3.63) is 34.3 Å². The lowest BCUT2D eigenvalue weighted by atomic mass is 9.87. The van der Waals surface area contributed by atoms with Gasteiger partial charge in [0.1, 0.15) is 0 Å². The molecule has 20 heavy (non-hydrogen) atoms. The van der Waals surface area contributed by atoms with Crippen molar-refractivity contribution in [2.75, 3.05) is 0 Å². The molecule has 0 fully saturated rings. The van der Waals surface area contributed by atoms with Crippen LogP contribution in [0.3, 0.4) is 0 Å². The number of benzene rings is 1. The maximum Gasteiger partial charge on any atom is 0.419 e. The minimum Gasteiger partial charge on any atom is -0.408 e. The van der Waals surface area contributed by atoms with Crippen molar-refractivity contribution in [2.24, 2.45) is 18.7 Å². The van der Waals surface area contributed by atoms with Gasteiger partial charge in [-0.15, -0.1) is 0 Å². The molecule has 0 spiro atoms. The quantitative estimate of drug-likeness (QED) is 0.880. The van der Waals surface area contributed by atoms with Crippen LogP contribution in [0.4, 0.5) is 0 Å². The summed E-state index contributed by atoms with van der Waals surface area (Å²) >= 11 is 0. The Bertz CT molecular complexity index is 627. The number of nitrogens with zero attached hydrogens (tertiary/aromatic N) is 1. The average Bonchev–Trinajstić information content (AvgIpc) is 2.74. The van der Waals surface area contributed by atoms with E-state index in [-0.39, 0.29) is 11.8 Å². The van der Waals surface area contributed by atoms with E-state index in [0.717, 1.165) is 23.9 Å². The molecule has 1 aromatic heterocycles. The second kappa shape index (κ2) is 6.27. The SMILES string of the molecule is CCCCC(CC)C(N)c1ccc2c(c1)oc(=O)n2C. The summed E-state index contributed by atoms with van der Waals surface area (Å²) < 4.78 is 6.75. The van der Waals surface area contributed by atoms with E-state index in [1.807, 2.05) is 18.2 Å². The molecule has 2 unspecified atom stereocenters. The molecule has 0 saturated heterocycles. The number of aromatic nitrogens is 1. The number of hydrogen-bond acceptors (Lipinski definition) is 3. The largest absolute Gasteiger partial charge is 0.419 e. The van der Waals surface area contributed by atoms with Gasteiger partial charge in [-0.05, 0) is 30.0 Å². The van der Waals surface area contributed by atoms with Gasteiger partial charge in [-0.1, -0.05) is 39.2 Å². The summed E-state index contributed by atoms with van der Waals surface area (Å²) in [5.74, 6) is 0.145. The van der Waals surface area contributed by atoms with Gasteiger partial charge >= 0.3 is 5.76 Å². The lowest BCUT2D eigenvalue weighted by Gasteiger charge is -2.22. The van der Waals surface area contributed by atoms with Crippen molar-refractivity contribution in [2.45, 2.75) is 45.6 Å². The van der Waals surface area contributed by atoms with E-state index in [0.29, 0.717) is 11.5 Å². The minimum absolute atomic E-state index is 0.00135. The lowest BCUT2D eigenvalue weighted by Crippen LogP contribution is -2.21. The molecule has 2 aromatic rings. The Morgan fingerprint density at radius 2 is 2.10 bits per heavy atom. The highest BCUT2D eigenvalue weighted by Crippen LogP contribution is 2.28. The summed E-state index contributed by atoms with van der Waals surface area (Å²) in [4.78, 5) is 11.5. The van der Waals surface area contributed by atoms with Gasteiger partial charge in [-0.2, -0.15) is 0 Å². The molecule has 1 heterocycles. The number of oxazole rings is 1. The molecule has 0 aliphatic rings. The number of unbranched alkanes of at least 4 members (excludes halogenated alkanes) is 1. The Morgan fingerprint density at radius 3 is 2.75 bits per heavy atom. The van der Waals surface area contributed by atoms with Crippen LogP contribution in [0.2, 0.25) is 0 Å². The van der Waals surface area contributed by atoms with Crippen LogP contribution in [-0.2, 0) is 7.05 Å². The Hall–Kier alpha value is -1.55. The lowest BCUT2D eigenvalue weighted by molar-refractivity contribution is 0.378. The van der Waals surface area contributed by atoms with Crippen LogP contribution in [0.1, 0.15) is 51.1 Å². The van der Waals surface area contributed by atoms with Gasteiger partial charge < -0.3 is 10.2 Å². The third kappa shape index (κ3) is 2.80. The van der Waals surface area contributed by atoms with E-state index >= 15 is 0 Å². The summed E-state index contributed by atoms with van der Waals surface area (Å²) in [6.07, 6.45) is 4.60. The van der Waals surface area contributed by atoms with Crippen molar-refractivity contribution in [1.29, 1.82) is 0 Å². The molecule has 0 radical (unpaired) electrons. The maximum absolute atomic E-state index is 11.5. The zero-order valence-electron chi connectivity index (χ0n) is 12.6. The predicted molar refractivity (Wildman–Crippen MR) is 81.7 cm³/mol. The normalized spacial score (nSPS) is 14.6. The van der Waals surface area contributed by atoms with Crippen molar-refractivity contribution >= 4 is 11.1 Å². The van der Waals surface area contributed by atoms with Gasteiger partial charge in [0, 0.05) is 13.1 Å². The van der Waals surface area contributed by atoms with Crippen molar-refractivity contribution in [3.63, 3.8) is 0 Å². The highest BCUT2D eigenvalue weighted by atomic mass is 16.4. The Labute approximate surface area is 119 Å². The first-order valence-corrected chi connectivity index (χ1v) is 7.43. The van der Waals surface area contributed by atoms with E-state index in [4.69, 9.17) is 10.2 Å². The van der Waals surface area contributed by atoms with Gasteiger partial charge in [0.2, 0.25) is 0 Å². The summed E-state index contributed by atoms with van der Waals surface area (Å²) in [6.45, 7) is 4.38. The molecular formula is C16H24N2O2. The topological polar surface area (TPSA) is 61.2 Å². The Morgan fingerprint density at radius 1 is 1.35 bits per heavy atom. The third-order valence-corrected chi connectivity index (χ3v) is 4.16. The molecular weight excluding hydrogens is 252 g/mol. The first-order chi connectivity index (χ1) is 9.58. The Kier molecular flexibility index (Phi) is 4.65. The van der Waals surface area contributed by atoms with Gasteiger partial charge in [0.15, 0.2) is 5.58 Å². The maximum atomic E-state index is 11.5. The number of fused-ring (bicyclic) bond motifs is 1. The van der Waals surface area contributed by atoms with Crippen LogP contribution in [0, 0.1) is 5.92 Å². The van der Waals surface area contributed by atoms with E-state index in [1.165, 1.54) is 17.4 Å². The number of hydrogen-bond donors (Lipinski definition) is 1. The third-order valence-electron chi connectivity index (χ3n) is 4.16. The molecule has 0 aliphatic carbocycles. The molecule has 2 N–H and O–H groups in total. The molecule has 2 rings (SSSR count). The van der Waals surface area contributed by atoms with Crippen molar-refractivity contribution in [3.8, 4) is 0 Å². The fourth-order valence-electron chi connectivity index (χ4n) is 2.73. The molecule has 0 bridgehead atoms. The van der Waals surface area contributed by atoms with Crippen molar-refractivity contribution in [1.82, 2.24) is 4.57 Å². The van der Waals surface area contributed by atoms with Crippen LogP contribution >= 0.6 is 0 Å². The molecule has 1 aromatic carbocycles. The summed E-state index contributed by atoms with van der Waals surface area (Å²) in [6, 6.07) is 5.84. The average molecular weight is 276 g/mol. The van der Waals surface area contributed by atoms with E-state index < -0.39 is 0 Å². The molecule has 110 valence electrons. The highest BCUT2D eigenvalue weighted by molar-refractivity contribution is 5.73. The number of aryl methyl sites for hydroxylation is 1. The predicted octanol–water partition coefficient (Wildman–Crippen LogP) is 3.35. The Balaban J connectivity index is 2.29. The molecule has 2 atom stereocenters. The fraction of sp³-hybridized carbons (Fsp3) is 0.562. The standard InChI is InChI=1S/C16H24N2O2/c1-4-6-7-11(5-2)15(17)12-8-9-13-14(10-12)20-16(19)18(13)3/h8-11,15H,4-7,17H2,1-3H3. The van der Waals surface area contributed by atoms with Gasteiger partial charge in [-0.25, -0.2) is 4.79 Å². The second-order valence-electron chi connectivity index (χ2n) is 5.49. The molecule has 4 heteroatoms. The smallest absolute Gasteiger partial charge is 0.408 e. The van der Waals surface area contributed by atoms with Crippen LogP contribution in [0.5, 0.6) is 0 Å². The molecule has 0 amide bonds. The van der Waals surface area contributed by atoms with Gasteiger partial charge in [0.05, 0.1) is 5.52 Å². The zero-order chi connectivity index (χ0) is 14.7. The summed E-state index contributed by atoms with van der Waals surface area (Å²) in [5, 5.41) is 0. The second-order valence-corrected chi connectivity index (χ2v) is 5.49. The molecule has 0 aliphatic heterocycles. The van der Waals surface area contributed by atoms with E-state index in [2.05, 4.69) is 13.8 Å². The molecule has 4 nitrogen and oxygen atoms in total. The van der Waals surface area contributed by atoms with E-state index in [9.17, 15) is 4.79 Å². The van der Waals surface area contributed by atoms with Crippen molar-refractivity contribution < 1.29 is 4.42 Å². The molecule has 0 saturated carbocycles.